The highest BCUT2D eigenvalue weighted by Gasteiger charge is 2.19. The molecule has 0 saturated heterocycles. The van der Waals surface area contributed by atoms with Crippen molar-refractivity contribution in [3.63, 3.8) is 0 Å². The second kappa shape index (κ2) is 9.91. The van der Waals surface area contributed by atoms with Gasteiger partial charge in [0.25, 0.3) is 0 Å². The minimum absolute atomic E-state index is 0.0372. The van der Waals surface area contributed by atoms with Crippen molar-refractivity contribution < 1.29 is 17.6 Å². The molecule has 0 radical (unpaired) electrons. The van der Waals surface area contributed by atoms with E-state index in [-0.39, 0.29) is 47.7 Å². The molecule has 0 fully saturated rings. The lowest BCUT2D eigenvalue weighted by molar-refractivity contribution is -0.119. The van der Waals surface area contributed by atoms with Gasteiger partial charge in [0.1, 0.15) is 5.65 Å². The Kier molecular flexibility index (Phi) is 7.45. The Bertz CT molecular complexity index is 1230. The van der Waals surface area contributed by atoms with E-state index in [1.807, 2.05) is 13.8 Å². The van der Waals surface area contributed by atoms with Crippen molar-refractivity contribution in [1.82, 2.24) is 19.9 Å². The van der Waals surface area contributed by atoms with Crippen LogP contribution in [0.3, 0.4) is 0 Å². The predicted octanol–water partition coefficient (Wildman–Crippen LogP) is 4.03. The third-order valence-corrected chi connectivity index (χ3v) is 7.08. The van der Waals surface area contributed by atoms with E-state index in [9.17, 15) is 17.6 Å². The van der Waals surface area contributed by atoms with Gasteiger partial charge in [-0.3, -0.25) is 4.79 Å². The van der Waals surface area contributed by atoms with E-state index in [0.717, 1.165) is 6.20 Å². The molecule has 0 saturated carbocycles. The topological polar surface area (TPSA) is 118 Å². The Hall–Kier alpha value is -2.59. The summed E-state index contributed by atoms with van der Waals surface area (Å²) < 4.78 is 38.3. The van der Waals surface area contributed by atoms with Gasteiger partial charge in [-0.25, -0.2) is 27.8 Å². The van der Waals surface area contributed by atoms with Crippen LogP contribution in [0.25, 0.3) is 22.4 Å². The summed E-state index contributed by atoms with van der Waals surface area (Å²) in [6, 6.07) is 0.953. The Balaban J connectivity index is 1.69. The fraction of sp³-hybridized carbons (Fsp3) is 0.429. The maximum absolute atomic E-state index is 14.3. The lowest BCUT2D eigenvalue weighted by atomic mass is 10.1. The highest BCUT2D eigenvalue weighted by atomic mass is 35.5. The lowest BCUT2D eigenvalue weighted by Gasteiger charge is -2.14. The summed E-state index contributed by atoms with van der Waals surface area (Å²) >= 11 is 6.02. The van der Waals surface area contributed by atoms with Crippen molar-refractivity contribution >= 4 is 44.1 Å². The number of pyridine rings is 1. The maximum Gasteiger partial charge on any atom is 0.183 e. The van der Waals surface area contributed by atoms with Crippen molar-refractivity contribution in [3.8, 4) is 11.4 Å². The van der Waals surface area contributed by atoms with E-state index in [0.29, 0.717) is 21.6 Å². The summed E-state index contributed by atoms with van der Waals surface area (Å²) in [6.45, 7) is 5.25. The molecule has 0 aliphatic carbocycles. The number of nitrogens with one attached hydrogen (secondary N) is 2. The summed E-state index contributed by atoms with van der Waals surface area (Å²) in [6.07, 6.45) is 4.47. The number of sulfone groups is 1. The van der Waals surface area contributed by atoms with Crippen molar-refractivity contribution in [2.75, 3.05) is 16.8 Å². The summed E-state index contributed by atoms with van der Waals surface area (Å²) in [5.41, 5.74) is 1.18. The van der Waals surface area contributed by atoms with Gasteiger partial charge in [0.2, 0.25) is 0 Å². The fourth-order valence-corrected chi connectivity index (χ4v) is 5.25. The van der Waals surface area contributed by atoms with Crippen LogP contribution in [0.1, 0.15) is 33.6 Å². The SMILES string of the molecule is CC(C)CS(=O)(=O)CCCC(=O)[C@H](C)Nc1nc(-c2c[nH]c3ncc(Cl)cc23)ncc1F. The Labute approximate surface area is 190 Å². The van der Waals surface area contributed by atoms with Gasteiger partial charge >= 0.3 is 0 Å². The van der Waals surface area contributed by atoms with Crippen LogP contribution in [0.2, 0.25) is 5.02 Å². The van der Waals surface area contributed by atoms with Crippen molar-refractivity contribution in [3.05, 3.63) is 35.5 Å². The quantitative estimate of drug-likeness (QED) is 0.448. The first-order chi connectivity index (χ1) is 15.1. The normalized spacial score (nSPS) is 12.9. The number of hydrogen-bond donors (Lipinski definition) is 2. The Morgan fingerprint density at radius 2 is 2.00 bits per heavy atom. The van der Waals surface area contributed by atoms with E-state index in [2.05, 4.69) is 25.3 Å². The van der Waals surface area contributed by atoms with Crippen molar-refractivity contribution in [1.29, 1.82) is 0 Å². The van der Waals surface area contributed by atoms with E-state index in [1.54, 1.807) is 19.2 Å². The number of nitrogens with zero attached hydrogens (tertiary/aromatic N) is 3. The third kappa shape index (κ3) is 6.01. The number of rotatable bonds is 10. The zero-order valence-corrected chi connectivity index (χ0v) is 19.6. The third-order valence-electron chi connectivity index (χ3n) is 4.78. The Morgan fingerprint density at radius 3 is 2.72 bits per heavy atom. The number of hydrogen-bond acceptors (Lipinski definition) is 7. The van der Waals surface area contributed by atoms with Gasteiger partial charge < -0.3 is 10.3 Å². The number of fused-ring (bicyclic) bond motifs is 1. The van der Waals surface area contributed by atoms with Crippen LogP contribution in [0.15, 0.2) is 24.7 Å². The van der Waals surface area contributed by atoms with Gasteiger partial charge in [0, 0.05) is 29.8 Å². The molecule has 11 heteroatoms. The lowest BCUT2D eigenvalue weighted by Crippen LogP contribution is -2.28. The standard InChI is InChI=1S/C21H25ClFN5O3S/c1-12(2)11-32(30,31)6-4-5-18(29)13(3)27-21-17(23)10-26-20(28-21)16-9-25-19-15(16)7-14(22)8-24-19/h7-10,12-13H,4-6,11H2,1-3H3,(H,24,25)(H,26,27,28)/t13-/m0/s1. The molecule has 2 N–H and O–H groups in total. The predicted molar refractivity (Wildman–Crippen MR) is 123 cm³/mol. The van der Waals surface area contributed by atoms with Crippen LogP contribution < -0.4 is 5.32 Å². The first-order valence-corrected chi connectivity index (χ1v) is 12.4. The van der Waals surface area contributed by atoms with Crippen LogP contribution in [-0.4, -0.2) is 51.7 Å². The van der Waals surface area contributed by atoms with Crippen LogP contribution in [0, 0.1) is 11.7 Å². The molecule has 3 heterocycles. The van der Waals surface area contributed by atoms with Gasteiger partial charge in [-0.05, 0) is 25.3 Å². The van der Waals surface area contributed by atoms with Crippen LogP contribution >= 0.6 is 11.6 Å². The van der Waals surface area contributed by atoms with E-state index in [4.69, 9.17) is 11.6 Å². The van der Waals surface area contributed by atoms with Crippen molar-refractivity contribution in [2.45, 2.75) is 39.7 Å². The molecule has 0 aliphatic heterocycles. The monoisotopic (exact) mass is 481 g/mol. The highest BCUT2D eigenvalue weighted by Crippen LogP contribution is 2.28. The second-order valence-electron chi connectivity index (χ2n) is 8.09. The summed E-state index contributed by atoms with van der Waals surface area (Å²) in [7, 11) is -3.19. The molecular weight excluding hydrogens is 457 g/mol. The number of aromatic nitrogens is 4. The summed E-state index contributed by atoms with van der Waals surface area (Å²) in [4.78, 5) is 27.9. The van der Waals surface area contributed by atoms with Crippen molar-refractivity contribution in [2.24, 2.45) is 5.92 Å². The number of carbonyl (C=O) groups is 1. The maximum atomic E-state index is 14.3. The first-order valence-electron chi connectivity index (χ1n) is 10.2. The number of Topliss-reactive ketones (excluding diaryl/α,β-unsaturated/α-hetero) is 1. The Morgan fingerprint density at radius 1 is 1.25 bits per heavy atom. The molecular formula is C21H25ClFN5O3S. The average molecular weight is 482 g/mol. The zero-order chi connectivity index (χ0) is 23.5. The van der Waals surface area contributed by atoms with Crippen LogP contribution in [0.4, 0.5) is 10.2 Å². The number of carbonyl (C=O) groups excluding carboxylic acids is 1. The molecule has 32 heavy (non-hydrogen) atoms. The highest BCUT2D eigenvalue weighted by molar-refractivity contribution is 7.91. The molecule has 172 valence electrons. The fourth-order valence-electron chi connectivity index (χ4n) is 3.32. The molecule has 0 aliphatic rings. The van der Waals surface area contributed by atoms with Gasteiger partial charge in [0.15, 0.2) is 33.1 Å². The summed E-state index contributed by atoms with van der Waals surface area (Å²) in [5.74, 6) is -0.728. The summed E-state index contributed by atoms with van der Waals surface area (Å²) in [5, 5.41) is 3.90. The minimum Gasteiger partial charge on any atom is -0.358 e. The average Bonchev–Trinajstić information content (AvgIpc) is 3.11. The van der Waals surface area contributed by atoms with Gasteiger partial charge in [-0.1, -0.05) is 25.4 Å². The number of ketones is 1. The molecule has 0 aromatic carbocycles. The van der Waals surface area contributed by atoms with E-state index < -0.39 is 21.7 Å². The van der Waals surface area contributed by atoms with Gasteiger partial charge in [-0.15, -0.1) is 0 Å². The number of aromatic amines is 1. The molecule has 1 atom stereocenters. The molecule has 0 bridgehead atoms. The number of H-pyrrole nitrogens is 1. The minimum atomic E-state index is -3.19. The molecule has 3 rings (SSSR count). The second-order valence-corrected chi connectivity index (χ2v) is 10.8. The molecule has 0 amide bonds. The molecule has 0 spiro atoms. The van der Waals surface area contributed by atoms with Gasteiger partial charge in [0.05, 0.1) is 28.8 Å². The molecule has 3 aromatic rings. The van der Waals surface area contributed by atoms with Crippen LogP contribution in [0.5, 0.6) is 0 Å². The molecule has 0 unspecified atom stereocenters. The molecule has 3 aromatic heterocycles. The van der Waals surface area contributed by atoms with E-state index >= 15 is 0 Å². The first kappa shape index (κ1) is 24.1. The van der Waals surface area contributed by atoms with Gasteiger partial charge in [-0.2, -0.15) is 0 Å². The molecule has 8 nitrogen and oxygen atoms in total. The van der Waals surface area contributed by atoms with Crippen LogP contribution in [-0.2, 0) is 14.6 Å². The smallest absolute Gasteiger partial charge is 0.183 e. The largest absolute Gasteiger partial charge is 0.358 e. The zero-order valence-electron chi connectivity index (χ0n) is 18.0. The number of anilines is 1. The number of halogens is 2. The van der Waals surface area contributed by atoms with E-state index in [1.165, 1.54) is 6.20 Å².